The second kappa shape index (κ2) is 8.51. The minimum absolute atomic E-state index is 0.137. The van der Waals surface area contributed by atoms with Crippen molar-refractivity contribution in [2.24, 2.45) is 5.10 Å². The van der Waals surface area contributed by atoms with Crippen LogP contribution in [0.15, 0.2) is 53.6 Å². The molecule has 2 aromatic carbocycles. The van der Waals surface area contributed by atoms with Gasteiger partial charge in [-0.25, -0.2) is 10.4 Å². The highest BCUT2D eigenvalue weighted by Gasteiger charge is 2.05. The number of methoxy groups -OCH3 is 1. The molecule has 0 saturated heterocycles. The van der Waals surface area contributed by atoms with Gasteiger partial charge in [-0.15, -0.1) is 0 Å². The second-order valence-corrected chi connectivity index (χ2v) is 6.18. The van der Waals surface area contributed by atoms with Crippen LogP contribution in [0.4, 0.5) is 0 Å². The predicted octanol–water partition coefficient (Wildman–Crippen LogP) is 3.73. The van der Waals surface area contributed by atoms with Gasteiger partial charge in [0.15, 0.2) is 6.61 Å². The average Bonchev–Trinajstić information content (AvgIpc) is 2.66. The molecule has 0 bridgehead atoms. The summed E-state index contributed by atoms with van der Waals surface area (Å²) in [5.41, 5.74) is 4.79. The van der Waals surface area contributed by atoms with Gasteiger partial charge in [0, 0.05) is 10.9 Å². The van der Waals surface area contributed by atoms with Crippen LogP contribution in [0, 0.1) is 6.92 Å². The first kappa shape index (κ1) is 18.7. The summed E-state index contributed by atoms with van der Waals surface area (Å²) in [5.74, 6) is 0.972. The van der Waals surface area contributed by atoms with E-state index in [0.29, 0.717) is 16.5 Å². The Kier molecular flexibility index (Phi) is 5.88. The zero-order valence-corrected chi connectivity index (χ0v) is 15.7. The summed E-state index contributed by atoms with van der Waals surface area (Å²) in [6.45, 7) is 1.82. The Balaban J connectivity index is 1.63. The Morgan fingerprint density at radius 1 is 1.22 bits per heavy atom. The minimum Gasteiger partial charge on any atom is -0.497 e. The molecule has 7 heteroatoms. The molecule has 138 valence electrons. The van der Waals surface area contributed by atoms with Gasteiger partial charge in [-0.3, -0.25) is 4.79 Å². The number of hydrogen-bond donors (Lipinski definition) is 1. The molecule has 0 atom stereocenters. The number of fused-ring (bicyclic) bond motifs is 1. The van der Waals surface area contributed by atoms with E-state index in [-0.39, 0.29) is 12.5 Å². The summed E-state index contributed by atoms with van der Waals surface area (Å²) in [6.07, 6.45) is 1.44. The molecule has 0 fully saturated rings. The molecule has 1 aromatic heterocycles. The van der Waals surface area contributed by atoms with Crippen molar-refractivity contribution >= 4 is 34.6 Å². The summed E-state index contributed by atoms with van der Waals surface area (Å²) < 4.78 is 10.6. The minimum atomic E-state index is -0.376. The number of aromatic nitrogens is 1. The first-order valence-corrected chi connectivity index (χ1v) is 8.58. The monoisotopic (exact) mass is 383 g/mol. The van der Waals surface area contributed by atoms with Gasteiger partial charge in [0.2, 0.25) is 0 Å². The van der Waals surface area contributed by atoms with Gasteiger partial charge in [-0.05, 0) is 48.9 Å². The van der Waals surface area contributed by atoms with E-state index < -0.39 is 0 Å². The molecule has 0 saturated carbocycles. The smallest absolute Gasteiger partial charge is 0.277 e. The standard InChI is InChI=1S/C20H18ClN3O3/c1-13-4-3-5-17(8-13)27-12-19(25)24-22-11-15-9-14-10-16(26-2)6-7-18(14)23-20(15)21/h3-11H,12H2,1-2H3,(H,24,25)/b22-11-. The lowest BCUT2D eigenvalue weighted by Gasteiger charge is -2.06. The second-order valence-electron chi connectivity index (χ2n) is 5.83. The Bertz CT molecular complexity index is 1000. The number of amides is 1. The van der Waals surface area contributed by atoms with E-state index in [9.17, 15) is 4.79 Å². The third kappa shape index (κ3) is 4.95. The largest absolute Gasteiger partial charge is 0.497 e. The molecule has 0 aliphatic heterocycles. The van der Waals surface area contributed by atoms with Crippen molar-refractivity contribution in [2.45, 2.75) is 6.92 Å². The van der Waals surface area contributed by atoms with E-state index in [0.717, 1.165) is 22.2 Å². The molecular weight excluding hydrogens is 366 g/mol. The molecule has 1 N–H and O–H groups in total. The Hall–Kier alpha value is -3.12. The highest BCUT2D eigenvalue weighted by Crippen LogP contribution is 2.23. The van der Waals surface area contributed by atoms with Gasteiger partial charge >= 0.3 is 0 Å². The molecule has 27 heavy (non-hydrogen) atoms. The normalized spacial score (nSPS) is 10.9. The van der Waals surface area contributed by atoms with Crippen LogP contribution in [-0.2, 0) is 4.79 Å². The van der Waals surface area contributed by atoms with Crippen LogP contribution in [0.5, 0.6) is 11.5 Å². The van der Waals surface area contributed by atoms with Crippen LogP contribution in [0.3, 0.4) is 0 Å². The molecule has 1 heterocycles. The molecule has 3 rings (SSSR count). The quantitative estimate of drug-likeness (QED) is 0.400. The number of ether oxygens (including phenoxy) is 2. The summed E-state index contributed by atoms with van der Waals surface area (Å²) >= 11 is 6.18. The van der Waals surface area contributed by atoms with Crippen molar-refractivity contribution in [3.63, 3.8) is 0 Å². The number of pyridine rings is 1. The van der Waals surface area contributed by atoms with E-state index in [1.807, 2.05) is 49.4 Å². The van der Waals surface area contributed by atoms with Crippen molar-refractivity contribution in [1.82, 2.24) is 10.4 Å². The molecule has 0 radical (unpaired) electrons. The number of nitrogens with zero attached hydrogens (tertiary/aromatic N) is 2. The van der Waals surface area contributed by atoms with Gasteiger partial charge in [0.05, 0.1) is 18.8 Å². The maximum atomic E-state index is 11.9. The van der Waals surface area contributed by atoms with Crippen LogP contribution < -0.4 is 14.9 Å². The summed E-state index contributed by atoms with van der Waals surface area (Å²) in [4.78, 5) is 16.2. The molecule has 0 spiro atoms. The molecule has 1 amide bonds. The third-order valence-corrected chi connectivity index (χ3v) is 4.06. The van der Waals surface area contributed by atoms with E-state index in [1.54, 1.807) is 13.2 Å². The average molecular weight is 384 g/mol. The molecular formula is C20H18ClN3O3. The van der Waals surface area contributed by atoms with Crippen molar-refractivity contribution in [1.29, 1.82) is 0 Å². The number of rotatable bonds is 6. The number of carbonyl (C=O) groups excluding carboxylic acids is 1. The van der Waals surface area contributed by atoms with Gasteiger partial charge < -0.3 is 9.47 Å². The van der Waals surface area contributed by atoms with E-state index in [2.05, 4.69) is 15.5 Å². The van der Waals surface area contributed by atoms with Crippen LogP contribution in [0.2, 0.25) is 5.15 Å². The van der Waals surface area contributed by atoms with E-state index in [1.165, 1.54) is 6.21 Å². The fraction of sp³-hybridized carbons (Fsp3) is 0.150. The van der Waals surface area contributed by atoms with Crippen LogP contribution >= 0.6 is 11.6 Å². The zero-order valence-electron chi connectivity index (χ0n) is 14.9. The lowest BCUT2D eigenvalue weighted by atomic mass is 10.1. The highest BCUT2D eigenvalue weighted by molar-refractivity contribution is 6.32. The number of nitrogens with one attached hydrogen (secondary N) is 1. The third-order valence-electron chi connectivity index (χ3n) is 3.75. The summed E-state index contributed by atoms with van der Waals surface area (Å²) in [7, 11) is 1.60. The first-order valence-electron chi connectivity index (χ1n) is 8.21. The number of halogens is 1. The Morgan fingerprint density at radius 3 is 2.85 bits per heavy atom. The topological polar surface area (TPSA) is 72.8 Å². The molecule has 0 aliphatic carbocycles. The lowest BCUT2D eigenvalue weighted by molar-refractivity contribution is -0.123. The number of aryl methyl sites for hydroxylation is 1. The zero-order chi connectivity index (χ0) is 19.2. The number of benzene rings is 2. The maximum Gasteiger partial charge on any atom is 0.277 e. The van der Waals surface area contributed by atoms with Crippen molar-refractivity contribution < 1.29 is 14.3 Å². The maximum absolute atomic E-state index is 11.9. The van der Waals surface area contributed by atoms with Crippen molar-refractivity contribution in [3.8, 4) is 11.5 Å². The number of hydrazone groups is 1. The van der Waals surface area contributed by atoms with Crippen molar-refractivity contribution in [2.75, 3.05) is 13.7 Å². The van der Waals surface area contributed by atoms with Crippen LogP contribution in [0.25, 0.3) is 10.9 Å². The summed E-state index contributed by atoms with van der Waals surface area (Å²) in [5, 5.41) is 5.07. The Morgan fingerprint density at radius 2 is 2.07 bits per heavy atom. The summed E-state index contributed by atoms with van der Waals surface area (Å²) in [6, 6.07) is 14.8. The van der Waals surface area contributed by atoms with Gasteiger partial charge in [-0.1, -0.05) is 23.7 Å². The van der Waals surface area contributed by atoms with Crippen LogP contribution in [-0.4, -0.2) is 30.8 Å². The molecule has 0 unspecified atom stereocenters. The number of carbonyl (C=O) groups is 1. The van der Waals surface area contributed by atoms with Gasteiger partial charge in [-0.2, -0.15) is 5.10 Å². The Labute approximate surface area is 161 Å². The SMILES string of the molecule is COc1ccc2nc(Cl)c(/C=N\NC(=O)COc3cccc(C)c3)cc2c1. The fourth-order valence-corrected chi connectivity index (χ4v) is 2.62. The van der Waals surface area contributed by atoms with E-state index >= 15 is 0 Å². The predicted molar refractivity (Wildman–Crippen MR) is 106 cm³/mol. The lowest BCUT2D eigenvalue weighted by Crippen LogP contribution is -2.24. The fourth-order valence-electron chi connectivity index (χ4n) is 2.43. The number of hydrogen-bond acceptors (Lipinski definition) is 5. The molecule has 6 nitrogen and oxygen atoms in total. The highest BCUT2D eigenvalue weighted by atomic mass is 35.5. The van der Waals surface area contributed by atoms with Gasteiger partial charge in [0.1, 0.15) is 16.7 Å². The van der Waals surface area contributed by atoms with Crippen LogP contribution in [0.1, 0.15) is 11.1 Å². The molecule has 3 aromatic rings. The first-order chi connectivity index (χ1) is 13.0. The van der Waals surface area contributed by atoms with Gasteiger partial charge in [0.25, 0.3) is 5.91 Å². The van der Waals surface area contributed by atoms with E-state index in [4.69, 9.17) is 21.1 Å². The van der Waals surface area contributed by atoms with Crippen molar-refractivity contribution in [3.05, 3.63) is 64.8 Å². The molecule has 0 aliphatic rings.